The molecule has 0 saturated carbocycles. The van der Waals surface area contributed by atoms with Crippen molar-refractivity contribution in [2.24, 2.45) is 0 Å². The predicted molar refractivity (Wildman–Crippen MR) is 87.4 cm³/mol. The molecule has 23 heavy (non-hydrogen) atoms. The molecule has 0 bridgehead atoms. The van der Waals surface area contributed by atoms with E-state index in [1.54, 1.807) is 32.0 Å². The van der Waals surface area contributed by atoms with Gasteiger partial charge in [0.1, 0.15) is 0 Å². The number of halogens is 2. The SMILES string of the molecule is CC(C)NC(=O)CNC(=O)COC(=O)Cc1c(Cl)cccc1Cl. The molecule has 0 unspecified atom stereocenters. The molecule has 0 atom stereocenters. The van der Waals surface area contributed by atoms with Gasteiger partial charge in [-0.3, -0.25) is 14.4 Å². The number of nitrogens with one attached hydrogen (secondary N) is 2. The summed E-state index contributed by atoms with van der Waals surface area (Å²) >= 11 is 11.9. The van der Waals surface area contributed by atoms with Crippen LogP contribution in [0.25, 0.3) is 0 Å². The second-order valence-corrected chi connectivity index (χ2v) is 5.85. The molecule has 0 heterocycles. The highest BCUT2D eigenvalue weighted by atomic mass is 35.5. The summed E-state index contributed by atoms with van der Waals surface area (Å²) in [6.45, 7) is 2.96. The van der Waals surface area contributed by atoms with E-state index in [1.807, 2.05) is 0 Å². The maximum Gasteiger partial charge on any atom is 0.310 e. The van der Waals surface area contributed by atoms with Crippen LogP contribution in [0.5, 0.6) is 0 Å². The Morgan fingerprint density at radius 2 is 1.74 bits per heavy atom. The number of hydrogen-bond donors (Lipinski definition) is 2. The number of carbonyl (C=O) groups is 3. The molecular weight excluding hydrogens is 343 g/mol. The number of hydrogen-bond acceptors (Lipinski definition) is 4. The zero-order valence-electron chi connectivity index (χ0n) is 12.8. The average Bonchev–Trinajstić information content (AvgIpc) is 2.46. The number of carbonyl (C=O) groups excluding carboxylic acids is 3. The monoisotopic (exact) mass is 360 g/mol. The van der Waals surface area contributed by atoms with E-state index in [4.69, 9.17) is 27.9 Å². The molecule has 0 aliphatic heterocycles. The van der Waals surface area contributed by atoms with Crippen LogP contribution in [0.2, 0.25) is 10.0 Å². The lowest BCUT2D eigenvalue weighted by molar-refractivity contribution is -0.147. The average molecular weight is 361 g/mol. The standard InChI is InChI=1S/C15H18Cl2N2O4/c1-9(2)19-13(20)7-18-14(21)8-23-15(22)6-10-11(16)4-3-5-12(10)17/h3-5,9H,6-8H2,1-2H3,(H,18,21)(H,19,20). The molecule has 2 amide bonds. The van der Waals surface area contributed by atoms with Gasteiger partial charge in [-0.2, -0.15) is 0 Å². The van der Waals surface area contributed by atoms with Gasteiger partial charge < -0.3 is 15.4 Å². The molecule has 0 radical (unpaired) electrons. The van der Waals surface area contributed by atoms with Crippen molar-refractivity contribution in [3.63, 3.8) is 0 Å². The fraction of sp³-hybridized carbons (Fsp3) is 0.400. The van der Waals surface area contributed by atoms with Crippen molar-refractivity contribution in [3.8, 4) is 0 Å². The van der Waals surface area contributed by atoms with E-state index in [0.29, 0.717) is 15.6 Å². The van der Waals surface area contributed by atoms with E-state index >= 15 is 0 Å². The van der Waals surface area contributed by atoms with E-state index in [-0.39, 0.29) is 24.9 Å². The Kier molecular flexibility index (Phi) is 7.85. The summed E-state index contributed by atoms with van der Waals surface area (Å²) in [7, 11) is 0. The number of rotatable bonds is 7. The van der Waals surface area contributed by atoms with Gasteiger partial charge in [0, 0.05) is 21.7 Å². The van der Waals surface area contributed by atoms with Crippen LogP contribution in [0, 0.1) is 0 Å². The zero-order chi connectivity index (χ0) is 17.4. The summed E-state index contributed by atoms with van der Waals surface area (Å²) in [4.78, 5) is 34.6. The van der Waals surface area contributed by atoms with Crippen LogP contribution in [0.15, 0.2) is 18.2 Å². The maximum atomic E-state index is 11.7. The largest absolute Gasteiger partial charge is 0.455 e. The predicted octanol–water partition coefficient (Wildman–Crippen LogP) is 1.72. The second-order valence-electron chi connectivity index (χ2n) is 5.04. The van der Waals surface area contributed by atoms with E-state index in [1.165, 1.54) is 0 Å². The molecule has 0 aromatic heterocycles. The van der Waals surface area contributed by atoms with Crippen LogP contribution in [-0.2, 0) is 25.5 Å². The van der Waals surface area contributed by atoms with Crippen LogP contribution in [-0.4, -0.2) is 37.0 Å². The summed E-state index contributed by atoms with van der Waals surface area (Å²) < 4.78 is 4.83. The van der Waals surface area contributed by atoms with Crippen LogP contribution in [0.1, 0.15) is 19.4 Å². The Bertz CT molecular complexity index is 571. The molecule has 1 aromatic rings. The van der Waals surface area contributed by atoms with Gasteiger partial charge in [0.2, 0.25) is 5.91 Å². The Balaban J connectivity index is 2.36. The minimum absolute atomic E-state index is 0.0161. The zero-order valence-corrected chi connectivity index (χ0v) is 14.3. The van der Waals surface area contributed by atoms with Crippen molar-refractivity contribution in [2.75, 3.05) is 13.2 Å². The molecule has 1 rings (SSSR count). The highest BCUT2D eigenvalue weighted by molar-refractivity contribution is 6.36. The van der Waals surface area contributed by atoms with E-state index in [9.17, 15) is 14.4 Å². The third-order valence-corrected chi connectivity index (χ3v) is 3.35. The Morgan fingerprint density at radius 1 is 1.13 bits per heavy atom. The molecule has 1 aromatic carbocycles. The first-order valence-corrected chi connectivity index (χ1v) is 7.69. The lowest BCUT2D eigenvalue weighted by Crippen LogP contribution is -2.41. The van der Waals surface area contributed by atoms with E-state index < -0.39 is 18.5 Å². The number of amides is 2. The lowest BCUT2D eigenvalue weighted by atomic mass is 10.1. The van der Waals surface area contributed by atoms with Crippen molar-refractivity contribution in [2.45, 2.75) is 26.3 Å². The summed E-state index contributed by atoms with van der Waals surface area (Å²) in [6, 6.07) is 4.86. The molecule has 8 heteroatoms. The van der Waals surface area contributed by atoms with Gasteiger partial charge in [-0.1, -0.05) is 29.3 Å². The van der Waals surface area contributed by atoms with Crippen LogP contribution >= 0.6 is 23.2 Å². The van der Waals surface area contributed by atoms with Crippen LogP contribution < -0.4 is 10.6 Å². The van der Waals surface area contributed by atoms with Gasteiger partial charge in [-0.05, 0) is 26.0 Å². The van der Waals surface area contributed by atoms with Crippen molar-refractivity contribution in [1.29, 1.82) is 0 Å². The molecular formula is C15H18Cl2N2O4. The lowest BCUT2D eigenvalue weighted by Gasteiger charge is -2.10. The summed E-state index contributed by atoms with van der Waals surface area (Å²) in [6.07, 6.45) is -0.139. The summed E-state index contributed by atoms with van der Waals surface area (Å²) in [5.41, 5.74) is 0.442. The molecule has 126 valence electrons. The van der Waals surface area contributed by atoms with E-state index in [0.717, 1.165) is 0 Å². The third kappa shape index (κ3) is 7.34. The topological polar surface area (TPSA) is 84.5 Å². The van der Waals surface area contributed by atoms with Crippen molar-refractivity contribution in [3.05, 3.63) is 33.8 Å². The summed E-state index contributed by atoms with van der Waals surface area (Å²) in [5, 5.41) is 5.67. The molecule has 0 fully saturated rings. The fourth-order valence-corrected chi connectivity index (χ4v) is 2.18. The molecule has 0 spiro atoms. The Hall–Kier alpha value is -1.79. The maximum absolute atomic E-state index is 11.7. The first-order chi connectivity index (χ1) is 10.8. The van der Waals surface area contributed by atoms with Gasteiger partial charge in [0.25, 0.3) is 5.91 Å². The molecule has 0 aliphatic rings. The quantitative estimate of drug-likeness (QED) is 0.725. The summed E-state index contributed by atoms with van der Waals surface area (Å²) in [5.74, 6) is -1.52. The number of esters is 1. The first kappa shape index (κ1) is 19.3. The Morgan fingerprint density at radius 3 is 2.30 bits per heavy atom. The minimum atomic E-state index is -0.637. The van der Waals surface area contributed by atoms with Gasteiger partial charge in [0.05, 0.1) is 13.0 Å². The minimum Gasteiger partial charge on any atom is -0.455 e. The number of ether oxygens (including phenoxy) is 1. The van der Waals surface area contributed by atoms with Gasteiger partial charge in [-0.15, -0.1) is 0 Å². The Labute approximate surface area is 144 Å². The molecule has 0 saturated heterocycles. The first-order valence-electron chi connectivity index (χ1n) is 6.94. The second kappa shape index (κ2) is 9.37. The molecule has 2 N–H and O–H groups in total. The highest BCUT2D eigenvalue weighted by Crippen LogP contribution is 2.24. The normalized spacial score (nSPS) is 10.3. The number of benzene rings is 1. The molecule has 0 aliphatic carbocycles. The third-order valence-electron chi connectivity index (χ3n) is 2.64. The van der Waals surface area contributed by atoms with E-state index in [2.05, 4.69) is 10.6 Å². The molecule has 6 nitrogen and oxygen atoms in total. The van der Waals surface area contributed by atoms with Gasteiger partial charge in [0.15, 0.2) is 6.61 Å². The van der Waals surface area contributed by atoms with Crippen LogP contribution in [0.3, 0.4) is 0 Å². The van der Waals surface area contributed by atoms with Crippen LogP contribution in [0.4, 0.5) is 0 Å². The van der Waals surface area contributed by atoms with Crippen molar-refractivity contribution >= 4 is 41.0 Å². The van der Waals surface area contributed by atoms with Crippen molar-refractivity contribution < 1.29 is 19.1 Å². The smallest absolute Gasteiger partial charge is 0.310 e. The fourth-order valence-electron chi connectivity index (χ4n) is 1.65. The van der Waals surface area contributed by atoms with Crippen molar-refractivity contribution in [1.82, 2.24) is 10.6 Å². The van der Waals surface area contributed by atoms with Gasteiger partial charge >= 0.3 is 5.97 Å². The highest BCUT2D eigenvalue weighted by Gasteiger charge is 2.14. The van der Waals surface area contributed by atoms with Gasteiger partial charge in [-0.25, -0.2) is 0 Å².